The van der Waals surface area contributed by atoms with Crippen LogP contribution in [0.15, 0.2) is 0 Å². The van der Waals surface area contributed by atoms with Gasteiger partial charge in [-0.3, -0.25) is 4.90 Å². The standard InChI is InChI=1S/C13H28N2O/c1-11(2)10-15(13-5-6-13)12(3)9-14-7-8-16-4/h11-14H,5-10H2,1-4H3. The second-order valence-electron chi connectivity index (χ2n) is 5.37. The molecule has 1 aliphatic rings. The summed E-state index contributed by atoms with van der Waals surface area (Å²) in [5, 5.41) is 3.46. The van der Waals surface area contributed by atoms with Crippen LogP contribution in [0.1, 0.15) is 33.6 Å². The minimum absolute atomic E-state index is 0.645. The van der Waals surface area contributed by atoms with E-state index in [1.54, 1.807) is 7.11 Å². The summed E-state index contributed by atoms with van der Waals surface area (Å²) >= 11 is 0. The van der Waals surface area contributed by atoms with E-state index in [0.29, 0.717) is 6.04 Å². The molecule has 96 valence electrons. The van der Waals surface area contributed by atoms with E-state index in [1.807, 2.05) is 0 Å². The molecular weight excluding hydrogens is 200 g/mol. The van der Waals surface area contributed by atoms with Crippen molar-refractivity contribution in [1.29, 1.82) is 0 Å². The summed E-state index contributed by atoms with van der Waals surface area (Å²) in [6.07, 6.45) is 2.80. The number of nitrogens with one attached hydrogen (secondary N) is 1. The van der Waals surface area contributed by atoms with Crippen LogP contribution in [0.2, 0.25) is 0 Å². The molecule has 0 aliphatic heterocycles. The molecule has 0 aromatic heterocycles. The van der Waals surface area contributed by atoms with Gasteiger partial charge in [0.05, 0.1) is 6.61 Å². The van der Waals surface area contributed by atoms with Crippen molar-refractivity contribution < 1.29 is 4.74 Å². The lowest BCUT2D eigenvalue weighted by atomic mass is 10.1. The van der Waals surface area contributed by atoms with Crippen LogP contribution >= 0.6 is 0 Å². The van der Waals surface area contributed by atoms with Crippen molar-refractivity contribution in [1.82, 2.24) is 10.2 Å². The van der Waals surface area contributed by atoms with Crippen LogP contribution in [-0.2, 0) is 4.74 Å². The largest absolute Gasteiger partial charge is 0.383 e. The number of hydrogen-bond donors (Lipinski definition) is 1. The maximum atomic E-state index is 5.03. The van der Waals surface area contributed by atoms with Crippen LogP contribution in [-0.4, -0.2) is 50.3 Å². The van der Waals surface area contributed by atoms with Gasteiger partial charge in [0.2, 0.25) is 0 Å². The predicted molar refractivity (Wildman–Crippen MR) is 68.8 cm³/mol. The highest BCUT2D eigenvalue weighted by Crippen LogP contribution is 2.29. The Bertz CT molecular complexity index is 181. The molecule has 1 saturated carbocycles. The summed E-state index contributed by atoms with van der Waals surface area (Å²) in [6, 6.07) is 1.51. The molecule has 1 aliphatic carbocycles. The van der Waals surface area contributed by atoms with Crippen molar-refractivity contribution in [2.24, 2.45) is 5.92 Å². The van der Waals surface area contributed by atoms with Gasteiger partial charge in [-0.2, -0.15) is 0 Å². The maximum Gasteiger partial charge on any atom is 0.0587 e. The molecule has 1 fully saturated rings. The minimum Gasteiger partial charge on any atom is -0.383 e. The Hall–Kier alpha value is -0.120. The summed E-state index contributed by atoms with van der Waals surface area (Å²) in [5.41, 5.74) is 0. The molecule has 0 aromatic rings. The fraction of sp³-hybridized carbons (Fsp3) is 1.00. The zero-order valence-corrected chi connectivity index (χ0v) is 11.3. The lowest BCUT2D eigenvalue weighted by Gasteiger charge is -2.31. The molecule has 1 rings (SSSR count). The molecule has 1 atom stereocenters. The van der Waals surface area contributed by atoms with Crippen LogP contribution in [0.5, 0.6) is 0 Å². The molecule has 0 saturated heterocycles. The lowest BCUT2D eigenvalue weighted by molar-refractivity contribution is 0.164. The van der Waals surface area contributed by atoms with E-state index >= 15 is 0 Å². The van der Waals surface area contributed by atoms with Crippen LogP contribution in [0.4, 0.5) is 0 Å². The zero-order valence-electron chi connectivity index (χ0n) is 11.3. The van der Waals surface area contributed by atoms with Crippen molar-refractivity contribution in [3.05, 3.63) is 0 Å². The highest BCUT2D eigenvalue weighted by molar-refractivity contribution is 4.88. The first-order valence-electron chi connectivity index (χ1n) is 6.60. The summed E-state index contributed by atoms with van der Waals surface area (Å²) in [6.45, 7) is 11.0. The summed E-state index contributed by atoms with van der Waals surface area (Å²) in [4.78, 5) is 2.67. The van der Waals surface area contributed by atoms with Gasteiger partial charge in [-0.05, 0) is 25.7 Å². The van der Waals surface area contributed by atoms with Crippen molar-refractivity contribution in [2.75, 3.05) is 33.4 Å². The third-order valence-corrected chi connectivity index (χ3v) is 3.08. The van der Waals surface area contributed by atoms with Crippen LogP contribution < -0.4 is 5.32 Å². The molecule has 0 aromatic carbocycles. The fourth-order valence-electron chi connectivity index (χ4n) is 2.12. The molecule has 0 heterocycles. The summed E-state index contributed by atoms with van der Waals surface area (Å²) < 4.78 is 5.03. The van der Waals surface area contributed by atoms with Crippen molar-refractivity contribution in [3.63, 3.8) is 0 Å². The van der Waals surface area contributed by atoms with E-state index in [-0.39, 0.29) is 0 Å². The quantitative estimate of drug-likeness (QED) is 0.608. The highest BCUT2D eigenvalue weighted by atomic mass is 16.5. The highest BCUT2D eigenvalue weighted by Gasteiger charge is 2.31. The van der Waals surface area contributed by atoms with E-state index in [4.69, 9.17) is 4.74 Å². The smallest absolute Gasteiger partial charge is 0.0587 e. The number of ether oxygens (including phenoxy) is 1. The number of rotatable bonds is 9. The van der Waals surface area contributed by atoms with Gasteiger partial charge in [0.1, 0.15) is 0 Å². The van der Waals surface area contributed by atoms with E-state index in [1.165, 1.54) is 19.4 Å². The van der Waals surface area contributed by atoms with E-state index in [2.05, 4.69) is 31.0 Å². The van der Waals surface area contributed by atoms with E-state index in [0.717, 1.165) is 31.7 Å². The molecule has 1 unspecified atom stereocenters. The normalized spacial score (nSPS) is 18.4. The second-order valence-corrected chi connectivity index (χ2v) is 5.37. The lowest BCUT2D eigenvalue weighted by Crippen LogP contribution is -2.44. The molecule has 0 spiro atoms. The van der Waals surface area contributed by atoms with Gasteiger partial charge in [-0.1, -0.05) is 13.8 Å². The van der Waals surface area contributed by atoms with Crippen LogP contribution in [0.25, 0.3) is 0 Å². The molecule has 0 amide bonds. The Labute approximate surface area is 101 Å². The van der Waals surface area contributed by atoms with Gasteiger partial charge in [-0.25, -0.2) is 0 Å². The number of hydrogen-bond acceptors (Lipinski definition) is 3. The van der Waals surface area contributed by atoms with Gasteiger partial charge < -0.3 is 10.1 Å². The number of methoxy groups -OCH3 is 1. The third-order valence-electron chi connectivity index (χ3n) is 3.08. The average Bonchev–Trinajstić information content (AvgIpc) is 3.04. The SMILES string of the molecule is COCCNCC(C)N(CC(C)C)C1CC1. The first-order chi connectivity index (χ1) is 7.65. The van der Waals surface area contributed by atoms with E-state index in [9.17, 15) is 0 Å². The first kappa shape index (κ1) is 13.9. The van der Waals surface area contributed by atoms with Gasteiger partial charge in [0.15, 0.2) is 0 Å². The van der Waals surface area contributed by atoms with Crippen molar-refractivity contribution >= 4 is 0 Å². The number of nitrogens with zero attached hydrogens (tertiary/aromatic N) is 1. The van der Waals surface area contributed by atoms with Gasteiger partial charge in [-0.15, -0.1) is 0 Å². The van der Waals surface area contributed by atoms with Gasteiger partial charge in [0.25, 0.3) is 0 Å². The minimum atomic E-state index is 0.645. The summed E-state index contributed by atoms with van der Waals surface area (Å²) in [7, 11) is 1.75. The molecule has 3 heteroatoms. The van der Waals surface area contributed by atoms with Gasteiger partial charge in [0, 0.05) is 38.8 Å². The van der Waals surface area contributed by atoms with Crippen LogP contribution in [0, 0.1) is 5.92 Å². The van der Waals surface area contributed by atoms with Crippen molar-refractivity contribution in [2.45, 2.75) is 45.7 Å². The Kier molecular flexibility index (Phi) is 6.32. The molecule has 0 bridgehead atoms. The fourth-order valence-corrected chi connectivity index (χ4v) is 2.12. The topological polar surface area (TPSA) is 24.5 Å². The summed E-state index contributed by atoms with van der Waals surface area (Å²) in [5.74, 6) is 0.766. The zero-order chi connectivity index (χ0) is 12.0. The Morgan fingerprint density at radius 3 is 2.50 bits per heavy atom. The molecule has 3 nitrogen and oxygen atoms in total. The Morgan fingerprint density at radius 1 is 1.31 bits per heavy atom. The van der Waals surface area contributed by atoms with Crippen LogP contribution in [0.3, 0.4) is 0 Å². The second kappa shape index (κ2) is 7.25. The maximum absolute atomic E-state index is 5.03. The Morgan fingerprint density at radius 2 is 2.00 bits per heavy atom. The molecule has 0 radical (unpaired) electrons. The van der Waals surface area contributed by atoms with Gasteiger partial charge >= 0.3 is 0 Å². The predicted octanol–water partition coefficient (Wildman–Crippen LogP) is 1.73. The Balaban J connectivity index is 2.21. The molecule has 16 heavy (non-hydrogen) atoms. The monoisotopic (exact) mass is 228 g/mol. The molecular formula is C13H28N2O. The molecule has 1 N–H and O–H groups in total. The van der Waals surface area contributed by atoms with Crippen molar-refractivity contribution in [3.8, 4) is 0 Å². The van der Waals surface area contributed by atoms with E-state index < -0.39 is 0 Å². The average molecular weight is 228 g/mol. The third kappa shape index (κ3) is 5.28. The first-order valence-corrected chi connectivity index (χ1v) is 6.60.